The van der Waals surface area contributed by atoms with Crippen LogP contribution < -0.4 is 11.5 Å². The predicted octanol–water partition coefficient (Wildman–Crippen LogP) is -1.11. The van der Waals surface area contributed by atoms with Gasteiger partial charge in [-0.2, -0.15) is 0 Å². The molecule has 1 aliphatic rings. The molecule has 0 aromatic rings. The number of methoxy groups -OCH3 is 1. The highest BCUT2D eigenvalue weighted by atomic mass is 16.5. The molecule has 0 radical (unpaired) electrons. The van der Waals surface area contributed by atoms with Crippen LogP contribution in [0.2, 0.25) is 0 Å². The Morgan fingerprint density at radius 1 is 1.43 bits per heavy atom. The van der Waals surface area contributed by atoms with E-state index >= 15 is 0 Å². The van der Waals surface area contributed by atoms with Gasteiger partial charge in [0.05, 0.1) is 13.0 Å². The fourth-order valence-corrected chi connectivity index (χ4v) is 1.66. The Morgan fingerprint density at radius 2 is 2.07 bits per heavy atom. The van der Waals surface area contributed by atoms with Crippen LogP contribution in [0.15, 0.2) is 0 Å². The monoisotopic (exact) mass is 201 g/mol. The number of carbonyl (C=O) groups is 2. The van der Waals surface area contributed by atoms with E-state index in [0.29, 0.717) is 19.5 Å². The second-order valence-corrected chi connectivity index (χ2v) is 3.46. The molecule has 1 saturated heterocycles. The molecule has 2 unspecified atom stereocenters. The van der Waals surface area contributed by atoms with Crippen LogP contribution in [0.5, 0.6) is 0 Å². The minimum Gasteiger partial charge on any atom is -0.469 e. The Hall–Kier alpha value is -1.30. The minimum absolute atomic E-state index is 0.208. The van der Waals surface area contributed by atoms with Crippen molar-refractivity contribution in [2.24, 2.45) is 17.4 Å². The lowest BCUT2D eigenvalue weighted by atomic mass is 9.95. The number of amides is 2. The lowest BCUT2D eigenvalue weighted by Crippen LogP contribution is -2.52. The van der Waals surface area contributed by atoms with Crippen molar-refractivity contribution < 1.29 is 14.3 Å². The fourth-order valence-electron chi connectivity index (χ4n) is 1.66. The maximum Gasteiger partial charge on any atom is 0.314 e. The molecule has 6 nitrogen and oxygen atoms in total. The van der Waals surface area contributed by atoms with Gasteiger partial charge in [0, 0.05) is 19.1 Å². The van der Waals surface area contributed by atoms with Gasteiger partial charge in [0.1, 0.15) is 0 Å². The van der Waals surface area contributed by atoms with E-state index in [1.165, 1.54) is 12.0 Å². The molecule has 0 saturated carbocycles. The number of esters is 1. The van der Waals surface area contributed by atoms with Crippen molar-refractivity contribution in [1.82, 2.24) is 4.90 Å². The van der Waals surface area contributed by atoms with E-state index in [-0.39, 0.29) is 17.9 Å². The van der Waals surface area contributed by atoms with Gasteiger partial charge in [-0.3, -0.25) is 4.79 Å². The summed E-state index contributed by atoms with van der Waals surface area (Å²) in [4.78, 5) is 23.5. The number of carbonyl (C=O) groups excluding carboxylic acids is 2. The van der Waals surface area contributed by atoms with Gasteiger partial charge < -0.3 is 21.1 Å². The van der Waals surface area contributed by atoms with Crippen molar-refractivity contribution in [2.75, 3.05) is 20.2 Å². The molecule has 0 aromatic heterocycles. The van der Waals surface area contributed by atoms with E-state index in [1.807, 2.05) is 0 Å². The van der Waals surface area contributed by atoms with Gasteiger partial charge in [-0.05, 0) is 6.42 Å². The third-order valence-corrected chi connectivity index (χ3v) is 2.33. The average molecular weight is 201 g/mol. The Morgan fingerprint density at radius 3 is 2.57 bits per heavy atom. The van der Waals surface area contributed by atoms with Gasteiger partial charge in [0.2, 0.25) is 0 Å². The number of urea groups is 1. The van der Waals surface area contributed by atoms with Crippen molar-refractivity contribution in [3.8, 4) is 0 Å². The number of nitrogens with zero attached hydrogens (tertiary/aromatic N) is 1. The first kappa shape index (κ1) is 10.8. The molecule has 1 aliphatic heterocycles. The third kappa shape index (κ3) is 2.35. The maximum absolute atomic E-state index is 11.2. The van der Waals surface area contributed by atoms with E-state index in [0.717, 1.165) is 0 Å². The number of rotatable bonds is 1. The highest BCUT2D eigenvalue weighted by Crippen LogP contribution is 2.16. The first-order valence-corrected chi connectivity index (χ1v) is 4.42. The van der Waals surface area contributed by atoms with Gasteiger partial charge in [-0.1, -0.05) is 0 Å². The SMILES string of the molecule is COC(=O)C1CC(N)CN(C(N)=O)C1. The number of primary amides is 1. The van der Waals surface area contributed by atoms with E-state index < -0.39 is 6.03 Å². The number of likely N-dealkylation sites (tertiary alicyclic amines) is 1. The molecule has 2 amide bonds. The lowest BCUT2D eigenvalue weighted by Gasteiger charge is -2.33. The van der Waals surface area contributed by atoms with Crippen LogP contribution in [0.4, 0.5) is 4.79 Å². The summed E-state index contributed by atoms with van der Waals surface area (Å²) in [5.41, 5.74) is 10.8. The molecule has 0 aliphatic carbocycles. The van der Waals surface area contributed by atoms with Crippen molar-refractivity contribution in [2.45, 2.75) is 12.5 Å². The van der Waals surface area contributed by atoms with Crippen LogP contribution in [-0.4, -0.2) is 43.1 Å². The van der Waals surface area contributed by atoms with E-state index in [2.05, 4.69) is 4.74 Å². The van der Waals surface area contributed by atoms with Gasteiger partial charge in [0.15, 0.2) is 0 Å². The standard InChI is InChI=1S/C8H15N3O3/c1-14-7(12)5-2-6(9)4-11(3-5)8(10)13/h5-6H,2-4,9H2,1H3,(H2,10,13). The van der Waals surface area contributed by atoms with Crippen LogP contribution >= 0.6 is 0 Å². The summed E-state index contributed by atoms with van der Waals surface area (Å²) >= 11 is 0. The first-order chi connectivity index (χ1) is 6.54. The molecule has 4 N–H and O–H groups in total. The zero-order chi connectivity index (χ0) is 10.7. The molecular formula is C8H15N3O3. The molecule has 80 valence electrons. The van der Waals surface area contributed by atoms with Gasteiger partial charge >= 0.3 is 12.0 Å². The predicted molar refractivity (Wildman–Crippen MR) is 49.3 cm³/mol. The van der Waals surface area contributed by atoms with Gasteiger partial charge in [-0.25, -0.2) is 4.79 Å². The summed E-state index contributed by atoms with van der Waals surface area (Å²) in [5.74, 6) is -0.692. The van der Waals surface area contributed by atoms with E-state index in [9.17, 15) is 9.59 Å². The summed E-state index contributed by atoms with van der Waals surface area (Å²) in [6.45, 7) is 0.707. The summed E-state index contributed by atoms with van der Waals surface area (Å²) < 4.78 is 4.59. The normalized spacial score (nSPS) is 27.1. The average Bonchev–Trinajstić information content (AvgIpc) is 2.15. The van der Waals surface area contributed by atoms with Gasteiger partial charge in [0.25, 0.3) is 0 Å². The van der Waals surface area contributed by atoms with Crippen LogP contribution in [0, 0.1) is 5.92 Å². The second kappa shape index (κ2) is 4.28. The van der Waals surface area contributed by atoms with Crippen LogP contribution in [0.3, 0.4) is 0 Å². The number of hydrogen-bond acceptors (Lipinski definition) is 4. The van der Waals surface area contributed by atoms with Gasteiger partial charge in [-0.15, -0.1) is 0 Å². The summed E-state index contributed by atoms with van der Waals surface area (Å²) in [7, 11) is 1.32. The molecule has 2 atom stereocenters. The molecule has 6 heteroatoms. The Bertz CT molecular complexity index is 244. The highest BCUT2D eigenvalue weighted by molar-refractivity contribution is 5.76. The zero-order valence-corrected chi connectivity index (χ0v) is 8.10. The largest absolute Gasteiger partial charge is 0.469 e. The minimum atomic E-state index is -0.547. The zero-order valence-electron chi connectivity index (χ0n) is 8.10. The summed E-state index contributed by atoms with van der Waals surface area (Å²) in [6, 6.07) is -0.755. The van der Waals surface area contributed by atoms with Crippen molar-refractivity contribution in [3.63, 3.8) is 0 Å². The maximum atomic E-state index is 11.2. The smallest absolute Gasteiger partial charge is 0.314 e. The first-order valence-electron chi connectivity index (χ1n) is 4.42. The Labute approximate surface area is 82.2 Å². The topological polar surface area (TPSA) is 98.7 Å². The second-order valence-electron chi connectivity index (χ2n) is 3.46. The Balaban J connectivity index is 2.62. The fraction of sp³-hybridized carbons (Fsp3) is 0.750. The number of nitrogens with two attached hydrogens (primary N) is 2. The molecule has 1 heterocycles. The van der Waals surface area contributed by atoms with Crippen LogP contribution in [-0.2, 0) is 9.53 Å². The summed E-state index contributed by atoms with van der Waals surface area (Å²) in [5, 5.41) is 0. The highest BCUT2D eigenvalue weighted by Gasteiger charge is 2.31. The van der Waals surface area contributed by atoms with Crippen molar-refractivity contribution in [1.29, 1.82) is 0 Å². The van der Waals surface area contributed by atoms with Crippen LogP contribution in [0.25, 0.3) is 0 Å². The summed E-state index contributed by atoms with van der Waals surface area (Å²) in [6.07, 6.45) is 0.538. The quantitative estimate of drug-likeness (QED) is 0.525. The molecule has 0 aromatic carbocycles. The van der Waals surface area contributed by atoms with Crippen molar-refractivity contribution in [3.05, 3.63) is 0 Å². The van der Waals surface area contributed by atoms with Crippen molar-refractivity contribution >= 4 is 12.0 Å². The molecule has 0 spiro atoms. The van der Waals surface area contributed by atoms with E-state index in [1.54, 1.807) is 0 Å². The number of piperidine rings is 1. The number of hydrogen-bond donors (Lipinski definition) is 2. The lowest BCUT2D eigenvalue weighted by molar-refractivity contribution is -0.147. The molecule has 0 bridgehead atoms. The van der Waals surface area contributed by atoms with E-state index in [4.69, 9.17) is 11.5 Å². The third-order valence-electron chi connectivity index (χ3n) is 2.33. The van der Waals surface area contributed by atoms with Crippen LogP contribution in [0.1, 0.15) is 6.42 Å². The Kier molecular flexibility index (Phi) is 3.29. The molecule has 14 heavy (non-hydrogen) atoms. The molecule has 1 fully saturated rings. The molecule has 1 rings (SSSR count). The number of ether oxygens (including phenoxy) is 1. The molecular weight excluding hydrogens is 186 g/mol.